The van der Waals surface area contributed by atoms with Gasteiger partial charge < -0.3 is 4.42 Å². The average Bonchev–Trinajstić information content (AvgIpc) is 2.77. The van der Waals surface area contributed by atoms with Gasteiger partial charge in [0.2, 0.25) is 0 Å². The topological polar surface area (TPSA) is 59.3 Å². The molecule has 0 aromatic carbocycles. The van der Waals surface area contributed by atoms with Crippen LogP contribution in [0.1, 0.15) is 37.9 Å². The third kappa shape index (κ3) is 2.14. The molecule has 1 fully saturated rings. The van der Waals surface area contributed by atoms with Crippen molar-refractivity contribution in [3.05, 3.63) is 39.9 Å². The maximum atomic E-state index is 12.0. The number of furan rings is 1. The first-order valence-corrected chi connectivity index (χ1v) is 6.14. The van der Waals surface area contributed by atoms with Crippen LogP contribution in [-0.2, 0) is 9.59 Å². The number of hydrogen-bond acceptors (Lipinski definition) is 3. The van der Waals surface area contributed by atoms with Crippen LogP contribution in [0.15, 0.2) is 27.2 Å². The number of imide groups is 1. The molecule has 19 heavy (non-hydrogen) atoms. The Morgan fingerprint density at radius 1 is 1.05 bits per heavy atom. The summed E-state index contributed by atoms with van der Waals surface area (Å²) < 4.78 is 5.49. The van der Waals surface area contributed by atoms with Gasteiger partial charge >= 0.3 is 0 Å². The third-order valence-corrected chi connectivity index (χ3v) is 3.25. The number of nitrogens with one attached hydrogen (secondary N) is 1. The van der Waals surface area contributed by atoms with Gasteiger partial charge in [-0.1, -0.05) is 5.57 Å². The van der Waals surface area contributed by atoms with Crippen LogP contribution in [-0.4, -0.2) is 11.8 Å². The highest BCUT2D eigenvalue weighted by Crippen LogP contribution is 2.32. The highest BCUT2D eigenvalue weighted by molar-refractivity contribution is 6.27. The van der Waals surface area contributed by atoms with Gasteiger partial charge in [-0.15, -0.1) is 0 Å². The Bertz CT molecular complexity index is 640. The van der Waals surface area contributed by atoms with Crippen LogP contribution in [0.5, 0.6) is 0 Å². The summed E-state index contributed by atoms with van der Waals surface area (Å²) in [6.45, 7) is 9.20. The summed E-state index contributed by atoms with van der Waals surface area (Å²) in [4.78, 5) is 23.8. The van der Waals surface area contributed by atoms with E-state index in [0.717, 1.165) is 28.2 Å². The lowest BCUT2D eigenvalue weighted by Gasteiger charge is -2.05. The first-order valence-electron chi connectivity index (χ1n) is 6.14. The zero-order chi connectivity index (χ0) is 14.3. The number of hydrogen-bond donors (Lipinski definition) is 1. The van der Waals surface area contributed by atoms with Crippen LogP contribution in [0.4, 0.5) is 0 Å². The molecule has 0 atom stereocenters. The molecule has 1 saturated heterocycles. The lowest BCUT2D eigenvalue weighted by molar-refractivity contribution is -0.123. The highest BCUT2D eigenvalue weighted by Gasteiger charge is 2.33. The van der Waals surface area contributed by atoms with Crippen LogP contribution < -0.4 is 5.32 Å². The van der Waals surface area contributed by atoms with E-state index in [9.17, 15) is 9.59 Å². The molecule has 1 aromatic heterocycles. The molecule has 2 amide bonds. The van der Waals surface area contributed by atoms with Crippen molar-refractivity contribution in [2.24, 2.45) is 0 Å². The first-order chi connectivity index (χ1) is 8.82. The minimum Gasteiger partial charge on any atom is -0.466 e. The van der Waals surface area contributed by atoms with Gasteiger partial charge in [-0.25, -0.2) is 0 Å². The summed E-state index contributed by atoms with van der Waals surface area (Å²) in [6.07, 6.45) is 0. The van der Waals surface area contributed by atoms with Crippen LogP contribution in [0.25, 0.3) is 5.57 Å². The van der Waals surface area contributed by atoms with E-state index >= 15 is 0 Å². The molecule has 4 heteroatoms. The maximum Gasteiger partial charge on any atom is 0.259 e. The summed E-state index contributed by atoms with van der Waals surface area (Å²) >= 11 is 0. The molecule has 0 bridgehead atoms. The SMILES string of the molecule is CC(C)=C1C(=O)NC(=O)/C1=C(/C)c1cc(C)oc1C. The minimum atomic E-state index is -0.336. The fraction of sp³-hybridized carbons (Fsp3) is 0.333. The normalized spacial score (nSPS) is 17.8. The molecular weight excluding hydrogens is 242 g/mol. The summed E-state index contributed by atoms with van der Waals surface area (Å²) in [5.41, 5.74) is 3.40. The fourth-order valence-corrected chi connectivity index (χ4v) is 2.43. The first kappa shape index (κ1) is 13.3. The lowest BCUT2D eigenvalue weighted by Crippen LogP contribution is -2.20. The average molecular weight is 259 g/mol. The van der Waals surface area contributed by atoms with Gasteiger partial charge in [0, 0.05) is 5.56 Å². The second-order valence-electron chi connectivity index (χ2n) is 4.99. The monoisotopic (exact) mass is 259 g/mol. The van der Waals surface area contributed by atoms with Crippen molar-refractivity contribution in [3.63, 3.8) is 0 Å². The van der Waals surface area contributed by atoms with E-state index in [4.69, 9.17) is 4.42 Å². The Hall–Kier alpha value is -2.10. The predicted octanol–water partition coefficient (Wildman–Crippen LogP) is 2.66. The third-order valence-electron chi connectivity index (χ3n) is 3.25. The molecule has 0 aliphatic carbocycles. The van der Waals surface area contributed by atoms with Gasteiger partial charge in [0.15, 0.2) is 0 Å². The summed E-state index contributed by atoms with van der Waals surface area (Å²) in [5.74, 6) is 0.882. The highest BCUT2D eigenvalue weighted by atomic mass is 16.3. The smallest absolute Gasteiger partial charge is 0.259 e. The molecule has 2 heterocycles. The van der Waals surface area contributed by atoms with Crippen molar-refractivity contribution in [2.75, 3.05) is 0 Å². The van der Waals surface area contributed by atoms with Crippen molar-refractivity contribution in [2.45, 2.75) is 34.6 Å². The molecule has 0 saturated carbocycles. The largest absolute Gasteiger partial charge is 0.466 e. The van der Waals surface area contributed by atoms with E-state index in [0.29, 0.717) is 11.1 Å². The quantitative estimate of drug-likeness (QED) is 0.623. The zero-order valence-electron chi connectivity index (χ0n) is 11.8. The van der Waals surface area contributed by atoms with Crippen molar-refractivity contribution in [1.29, 1.82) is 0 Å². The summed E-state index contributed by atoms with van der Waals surface area (Å²) in [6, 6.07) is 1.89. The van der Waals surface area contributed by atoms with E-state index in [1.807, 2.05) is 40.7 Å². The molecule has 0 radical (unpaired) electrons. The molecule has 2 rings (SSSR count). The van der Waals surface area contributed by atoms with Gasteiger partial charge in [-0.3, -0.25) is 14.9 Å². The Kier molecular flexibility index (Phi) is 3.18. The van der Waals surface area contributed by atoms with Crippen LogP contribution >= 0.6 is 0 Å². The Morgan fingerprint density at radius 3 is 2.11 bits per heavy atom. The van der Waals surface area contributed by atoms with Crippen molar-refractivity contribution >= 4 is 17.4 Å². The van der Waals surface area contributed by atoms with Crippen LogP contribution in [0.3, 0.4) is 0 Å². The summed E-state index contributed by atoms with van der Waals surface area (Å²) in [7, 11) is 0. The van der Waals surface area contributed by atoms with E-state index in [1.54, 1.807) is 0 Å². The number of rotatable bonds is 1. The van der Waals surface area contributed by atoms with Crippen molar-refractivity contribution in [3.8, 4) is 0 Å². The molecule has 1 aliphatic heterocycles. The molecular formula is C15H17NO3. The van der Waals surface area contributed by atoms with Crippen molar-refractivity contribution in [1.82, 2.24) is 5.32 Å². The molecule has 0 spiro atoms. The Balaban J connectivity index is 2.69. The molecule has 1 N–H and O–H groups in total. The Labute approximate surface area is 112 Å². The predicted molar refractivity (Wildman–Crippen MR) is 72.3 cm³/mol. The molecule has 0 unspecified atom stereocenters. The maximum absolute atomic E-state index is 12.0. The van der Waals surface area contributed by atoms with Gasteiger partial charge in [-0.2, -0.15) is 0 Å². The fourth-order valence-electron chi connectivity index (χ4n) is 2.43. The molecule has 4 nitrogen and oxygen atoms in total. The number of carbonyl (C=O) groups excluding carboxylic acids is 2. The standard InChI is InChI=1S/C15H17NO3/c1-7(2)12-13(15(18)16-14(12)17)9(4)11-6-8(3)19-10(11)5/h6H,1-5H3,(H,16,17,18)/b13-9-. The molecule has 1 aromatic rings. The van der Waals surface area contributed by atoms with Gasteiger partial charge in [-0.05, 0) is 46.3 Å². The zero-order valence-corrected chi connectivity index (χ0v) is 11.8. The van der Waals surface area contributed by atoms with E-state index < -0.39 is 0 Å². The minimum absolute atomic E-state index is 0.322. The van der Waals surface area contributed by atoms with Crippen molar-refractivity contribution < 1.29 is 14.0 Å². The second kappa shape index (κ2) is 4.53. The van der Waals surface area contributed by atoms with E-state index in [2.05, 4.69) is 5.32 Å². The Morgan fingerprint density at radius 2 is 1.63 bits per heavy atom. The lowest BCUT2D eigenvalue weighted by atomic mass is 9.95. The number of carbonyl (C=O) groups is 2. The van der Waals surface area contributed by atoms with Crippen LogP contribution in [0, 0.1) is 13.8 Å². The van der Waals surface area contributed by atoms with E-state index in [1.165, 1.54) is 0 Å². The summed E-state index contributed by atoms with van der Waals surface area (Å²) in [5, 5.41) is 2.35. The van der Waals surface area contributed by atoms with Gasteiger partial charge in [0.1, 0.15) is 11.5 Å². The number of aryl methyl sites for hydroxylation is 2. The van der Waals surface area contributed by atoms with E-state index in [-0.39, 0.29) is 11.8 Å². The number of amides is 2. The second-order valence-corrected chi connectivity index (χ2v) is 4.99. The molecule has 1 aliphatic rings. The number of allylic oxidation sites excluding steroid dienone is 2. The van der Waals surface area contributed by atoms with Crippen LogP contribution in [0.2, 0.25) is 0 Å². The van der Waals surface area contributed by atoms with Gasteiger partial charge in [0.25, 0.3) is 11.8 Å². The van der Waals surface area contributed by atoms with Gasteiger partial charge in [0.05, 0.1) is 11.1 Å². The molecule has 100 valence electrons.